The highest BCUT2D eigenvalue weighted by Gasteiger charge is 2.20. The number of hydrogen-bond acceptors (Lipinski definition) is 7. The number of aromatic nitrogens is 1. The Bertz CT molecular complexity index is 1080. The summed E-state index contributed by atoms with van der Waals surface area (Å²) in [6.07, 6.45) is 1.53. The molecule has 2 aromatic carbocycles. The van der Waals surface area contributed by atoms with Gasteiger partial charge in [0, 0.05) is 10.9 Å². The van der Waals surface area contributed by atoms with Gasteiger partial charge in [0.1, 0.15) is 0 Å². The van der Waals surface area contributed by atoms with Crippen LogP contribution in [0.2, 0.25) is 0 Å². The Kier molecular flexibility index (Phi) is 6.85. The third-order valence-electron chi connectivity index (χ3n) is 4.61. The molecule has 3 aromatic rings. The number of carbonyl (C=O) groups excluding carboxylic acids is 1. The molecule has 3 rings (SSSR count). The monoisotopic (exact) mass is 408 g/mol. The van der Waals surface area contributed by atoms with E-state index in [1.165, 1.54) is 6.21 Å². The predicted molar refractivity (Wildman–Crippen MR) is 114 cm³/mol. The Morgan fingerprint density at radius 1 is 1.10 bits per heavy atom. The summed E-state index contributed by atoms with van der Waals surface area (Å²) in [5, 5.41) is 4.92. The molecule has 1 heterocycles. The molecule has 1 aromatic heterocycles. The molecular formula is C23H24N2O5. The van der Waals surface area contributed by atoms with Crippen molar-refractivity contribution < 1.29 is 23.8 Å². The van der Waals surface area contributed by atoms with E-state index >= 15 is 0 Å². The third kappa shape index (κ3) is 4.35. The van der Waals surface area contributed by atoms with Crippen molar-refractivity contribution in [1.82, 2.24) is 4.98 Å². The molecule has 7 heteroatoms. The lowest BCUT2D eigenvalue weighted by Gasteiger charge is -2.13. The van der Waals surface area contributed by atoms with Crippen LogP contribution in [-0.4, -0.2) is 38.0 Å². The summed E-state index contributed by atoms with van der Waals surface area (Å²) in [4.78, 5) is 22.6. The maximum Gasteiger partial charge on any atom is 0.340 e. The number of hydrogen-bond donors (Lipinski definition) is 0. The topological polar surface area (TPSA) is 79.2 Å². The second-order valence-corrected chi connectivity index (χ2v) is 6.39. The van der Waals surface area contributed by atoms with Gasteiger partial charge in [0.15, 0.2) is 18.1 Å². The molecule has 0 atom stereocenters. The summed E-state index contributed by atoms with van der Waals surface area (Å²) in [5.74, 6) is 0.724. The normalized spacial score (nSPS) is 10.9. The minimum Gasteiger partial charge on any atom is -0.493 e. The van der Waals surface area contributed by atoms with Crippen molar-refractivity contribution in [3.05, 3.63) is 64.8 Å². The van der Waals surface area contributed by atoms with Crippen molar-refractivity contribution in [3.63, 3.8) is 0 Å². The van der Waals surface area contributed by atoms with Crippen molar-refractivity contribution in [2.45, 2.75) is 20.5 Å². The fraction of sp³-hybridized carbons (Fsp3) is 0.261. The fourth-order valence-corrected chi connectivity index (χ4v) is 3.23. The quantitative estimate of drug-likeness (QED) is 0.314. The number of rotatable bonds is 8. The highest BCUT2D eigenvalue weighted by atomic mass is 16.6. The van der Waals surface area contributed by atoms with Crippen molar-refractivity contribution >= 4 is 23.1 Å². The molecule has 0 radical (unpaired) electrons. The van der Waals surface area contributed by atoms with Crippen molar-refractivity contribution in [2.24, 2.45) is 5.16 Å². The third-order valence-corrected chi connectivity index (χ3v) is 4.61. The summed E-state index contributed by atoms with van der Waals surface area (Å²) >= 11 is 0. The van der Waals surface area contributed by atoms with E-state index in [-0.39, 0.29) is 13.2 Å². The van der Waals surface area contributed by atoms with Crippen LogP contribution in [0.5, 0.6) is 11.5 Å². The highest BCUT2D eigenvalue weighted by Crippen LogP contribution is 2.29. The van der Waals surface area contributed by atoms with Crippen molar-refractivity contribution in [1.29, 1.82) is 0 Å². The van der Waals surface area contributed by atoms with Crippen LogP contribution in [0.3, 0.4) is 0 Å². The van der Waals surface area contributed by atoms with Crippen LogP contribution in [0.15, 0.2) is 47.6 Å². The van der Waals surface area contributed by atoms with Crippen LogP contribution in [-0.2, 0) is 16.2 Å². The first-order valence-corrected chi connectivity index (χ1v) is 9.52. The predicted octanol–water partition coefficient (Wildman–Crippen LogP) is 4.29. The maximum absolute atomic E-state index is 12.6. The van der Waals surface area contributed by atoms with Gasteiger partial charge in [-0.15, -0.1) is 0 Å². The average Bonchev–Trinajstić information content (AvgIpc) is 2.76. The van der Waals surface area contributed by atoms with Crippen LogP contribution < -0.4 is 9.47 Å². The Morgan fingerprint density at radius 2 is 1.90 bits per heavy atom. The lowest BCUT2D eigenvalue weighted by Crippen LogP contribution is -2.13. The molecule has 0 saturated heterocycles. The smallest absolute Gasteiger partial charge is 0.340 e. The second kappa shape index (κ2) is 9.73. The zero-order chi connectivity index (χ0) is 21.5. The Hall–Kier alpha value is -3.61. The lowest BCUT2D eigenvalue weighted by atomic mass is 10.0. The maximum atomic E-state index is 12.6. The number of benzene rings is 2. The van der Waals surface area contributed by atoms with Gasteiger partial charge in [0.05, 0.1) is 43.8 Å². The molecule has 0 spiro atoms. The minimum absolute atomic E-state index is 0.0165. The summed E-state index contributed by atoms with van der Waals surface area (Å²) in [7, 11) is 3.13. The largest absolute Gasteiger partial charge is 0.493 e. The first-order chi connectivity index (χ1) is 14.6. The number of nitrogens with zero attached hydrogens (tertiary/aromatic N) is 2. The Morgan fingerprint density at radius 3 is 2.63 bits per heavy atom. The van der Waals surface area contributed by atoms with E-state index in [1.807, 2.05) is 43.3 Å². The van der Waals surface area contributed by atoms with Gasteiger partial charge in [0.25, 0.3) is 0 Å². The van der Waals surface area contributed by atoms with Gasteiger partial charge < -0.3 is 19.0 Å². The molecule has 0 N–H and O–H groups in total. The Labute approximate surface area is 175 Å². The zero-order valence-corrected chi connectivity index (χ0v) is 17.5. The summed E-state index contributed by atoms with van der Waals surface area (Å²) in [6, 6.07) is 13.1. The van der Waals surface area contributed by atoms with E-state index in [4.69, 9.17) is 19.0 Å². The molecule has 0 unspecified atom stereocenters. The van der Waals surface area contributed by atoms with Crippen molar-refractivity contribution in [2.75, 3.05) is 20.8 Å². The Balaban J connectivity index is 1.88. The van der Waals surface area contributed by atoms with Crippen LogP contribution in [0.1, 0.15) is 34.1 Å². The molecular weight excluding hydrogens is 384 g/mol. The van der Waals surface area contributed by atoms with Crippen LogP contribution in [0.4, 0.5) is 0 Å². The first kappa shape index (κ1) is 21.1. The number of esters is 1. The van der Waals surface area contributed by atoms with Gasteiger partial charge in [-0.1, -0.05) is 29.4 Å². The average molecular weight is 408 g/mol. The molecule has 0 fully saturated rings. The number of fused-ring (bicyclic) bond motifs is 1. The summed E-state index contributed by atoms with van der Waals surface area (Å²) < 4.78 is 15.9. The lowest BCUT2D eigenvalue weighted by molar-refractivity contribution is 0.0517. The van der Waals surface area contributed by atoms with E-state index in [0.29, 0.717) is 28.3 Å². The van der Waals surface area contributed by atoms with E-state index in [1.54, 1.807) is 27.2 Å². The molecule has 0 amide bonds. The molecule has 30 heavy (non-hydrogen) atoms. The van der Waals surface area contributed by atoms with Gasteiger partial charge in [-0.2, -0.15) is 0 Å². The summed E-state index contributed by atoms with van der Waals surface area (Å²) in [5.41, 5.74) is 3.16. The number of aryl methyl sites for hydroxylation is 1. The molecule has 0 aliphatic heterocycles. The summed E-state index contributed by atoms with van der Waals surface area (Å²) in [6.45, 7) is 3.94. The van der Waals surface area contributed by atoms with Gasteiger partial charge >= 0.3 is 5.97 Å². The molecule has 0 aliphatic carbocycles. The molecule has 7 nitrogen and oxygen atoms in total. The van der Waals surface area contributed by atoms with Crippen molar-refractivity contribution in [3.8, 4) is 11.5 Å². The standard InChI is InChI=1S/C23H24N2O5/c1-5-29-23(26)21-15(2)17-10-6-7-11-18(17)25-19(21)14-30-24-13-16-9-8-12-20(27-3)22(16)28-4/h6-13H,5,14H2,1-4H3/b24-13-. The molecule has 156 valence electrons. The number of para-hydroxylation sites is 2. The van der Waals surface area contributed by atoms with Gasteiger partial charge in [-0.05, 0) is 37.6 Å². The minimum atomic E-state index is -0.426. The number of pyridine rings is 1. The molecule has 0 saturated carbocycles. The van der Waals surface area contributed by atoms with E-state index < -0.39 is 5.97 Å². The first-order valence-electron chi connectivity index (χ1n) is 9.52. The SMILES string of the molecule is CCOC(=O)c1c(CO/N=C\c2cccc(OC)c2OC)nc2ccccc2c1C. The van der Waals surface area contributed by atoms with Gasteiger partial charge in [0.2, 0.25) is 0 Å². The van der Waals surface area contributed by atoms with E-state index in [0.717, 1.165) is 16.5 Å². The zero-order valence-electron chi connectivity index (χ0n) is 17.5. The van der Waals surface area contributed by atoms with Crippen LogP contribution in [0, 0.1) is 6.92 Å². The number of oxime groups is 1. The number of carbonyl (C=O) groups is 1. The number of ether oxygens (including phenoxy) is 3. The molecule has 0 aliphatic rings. The number of methoxy groups -OCH3 is 2. The van der Waals surface area contributed by atoms with Gasteiger partial charge in [-0.3, -0.25) is 0 Å². The van der Waals surface area contributed by atoms with Gasteiger partial charge in [-0.25, -0.2) is 9.78 Å². The van der Waals surface area contributed by atoms with Crippen LogP contribution in [0.25, 0.3) is 10.9 Å². The van der Waals surface area contributed by atoms with E-state index in [9.17, 15) is 4.79 Å². The fourth-order valence-electron chi connectivity index (χ4n) is 3.23. The second-order valence-electron chi connectivity index (χ2n) is 6.39. The van der Waals surface area contributed by atoms with Crippen LogP contribution >= 0.6 is 0 Å². The highest BCUT2D eigenvalue weighted by molar-refractivity contribution is 5.98. The van der Waals surface area contributed by atoms with E-state index in [2.05, 4.69) is 10.1 Å². The molecule has 0 bridgehead atoms.